The molecule has 0 aromatic carbocycles. The molecule has 0 amide bonds. The lowest BCUT2D eigenvalue weighted by molar-refractivity contribution is 0.687. The predicted molar refractivity (Wildman–Crippen MR) is 47.0 cm³/mol. The number of aromatic nitrogens is 2. The van der Waals surface area contributed by atoms with Gasteiger partial charge in [0.1, 0.15) is 0 Å². The van der Waals surface area contributed by atoms with Crippen molar-refractivity contribution < 1.29 is 0 Å². The quantitative estimate of drug-likeness (QED) is 0.605. The molecule has 0 saturated heterocycles. The molecule has 2 bridgehead atoms. The second-order valence-electron chi connectivity index (χ2n) is 3.94. The van der Waals surface area contributed by atoms with E-state index in [2.05, 4.69) is 10.2 Å². The van der Waals surface area contributed by atoms with Crippen molar-refractivity contribution in [2.75, 3.05) is 0 Å². The average Bonchev–Trinajstić information content (AvgIpc) is 2.70. The van der Waals surface area contributed by atoms with E-state index in [0.29, 0.717) is 11.8 Å². The Bertz CT molecular complexity index is 428. The third kappa shape index (κ3) is 0.753. The highest BCUT2D eigenvalue weighted by Gasteiger charge is 2.40. The Hall–Kier alpha value is -1.32. The summed E-state index contributed by atoms with van der Waals surface area (Å²) in [5.41, 5.74) is 1.34. The molecule has 0 spiro atoms. The topological polar surface area (TPSA) is 65.7 Å². The molecule has 2 aliphatic rings. The first-order chi connectivity index (χ1) is 6.27. The standard InChI is InChI=1S/C9H10N2O2/c12-8-6-4-1-2-5(3-4)7(6)9(13)11-10-8/h4-5H,1-3H2,(H,10,12)(H,11,13). The number of hydrogen-bond acceptors (Lipinski definition) is 2. The molecule has 0 radical (unpaired) electrons. The molecular weight excluding hydrogens is 168 g/mol. The monoisotopic (exact) mass is 178 g/mol. The van der Waals surface area contributed by atoms with Crippen molar-refractivity contribution in [2.45, 2.75) is 31.1 Å². The number of H-pyrrole nitrogens is 2. The minimum Gasteiger partial charge on any atom is -0.268 e. The first-order valence-corrected chi connectivity index (χ1v) is 4.62. The highest BCUT2D eigenvalue weighted by Crippen LogP contribution is 2.49. The molecule has 2 N–H and O–H groups in total. The van der Waals surface area contributed by atoms with E-state index < -0.39 is 0 Å². The molecule has 2 atom stereocenters. The maximum atomic E-state index is 11.4. The average molecular weight is 178 g/mol. The van der Waals surface area contributed by atoms with Crippen molar-refractivity contribution in [2.24, 2.45) is 0 Å². The zero-order valence-corrected chi connectivity index (χ0v) is 7.09. The summed E-state index contributed by atoms with van der Waals surface area (Å²) in [5.74, 6) is 0.706. The van der Waals surface area contributed by atoms with Crippen molar-refractivity contribution >= 4 is 0 Å². The lowest BCUT2D eigenvalue weighted by Crippen LogP contribution is -2.27. The number of rotatable bonds is 0. The molecule has 4 nitrogen and oxygen atoms in total. The van der Waals surface area contributed by atoms with Gasteiger partial charge in [-0.05, 0) is 31.1 Å². The molecule has 1 aromatic rings. The number of fused-ring (bicyclic) bond motifs is 5. The lowest BCUT2D eigenvalue weighted by atomic mass is 9.94. The van der Waals surface area contributed by atoms with E-state index in [9.17, 15) is 9.59 Å². The Balaban J connectivity index is 2.42. The van der Waals surface area contributed by atoms with E-state index in [4.69, 9.17) is 0 Å². The van der Waals surface area contributed by atoms with Gasteiger partial charge in [-0.2, -0.15) is 0 Å². The van der Waals surface area contributed by atoms with Crippen LogP contribution in [-0.4, -0.2) is 10.2 Å². The first-order valence-electron chi connectivity index (χ1n) is 4.62. The molecule has 1 heterocycles. The van der Waals surface area contributed by atoms with Crippen LogP contribution >= 0.6 is 0 Å². The van der Waals surface area contributed by atoms with E-state index >= 15 is 0 Å². The van der Waals surface area contributed by atoms with Crippen LogP contribution in [0.1, 0.15) is 42.2 Å². The molecule has 0 aliphatic heterocycles. The number of hydrogen-bond donors (Lipinski definition) is 2. The van der Waals surface area contributed by atoms with Crippen LogP contribution in [-0.2, 0) is 0 Å². The van der Waals surface area contributed by atoms with Gasteiger partial charge in [0.05, 0.1) is 0 Å². The molecule has 2 aliphatic carbocycles. The van der Waals surface area contributed by atoms with Gasteiger partial charge in [0, 0.05) is 11.1 Å². The molecule has 68 valence electrons. The zero-order valence-electron chi connectivity index (χ0n) is 7.09. The highest BCUT2D eigenvalue weighted by atomic mass is 16.1. The molecule has 1 saturated carbocycles. The second-order valence-corrected chi connectivity index (χ2v) is 3.94. The van der Waals surface area contributed by atoms with Gasteiger partial charge >= 0.3 is 0 Å². The number of nitrogens with one attached hydrogen (secondary N) is 2. The van der Waals surface area contributed by atoms with Gasteiger partial charge in [-0.1, -0.05) is 0 Å². The summed E-state index contributed by atoms with van der Waals surface area (Å²) in [7, 11) is 0. The number of aromatic amines is 2. The molecule has 4 heteroatoms. The smallest absolute Gasteiger partial charge is 0.266 e. The molecule has 2 unspecified atom stereocenters. The van der Waals surface area contributed by atoms with Crippen LogP contribution < -0.4 is 11.1 Å². The van der Waals surface area contributed by atoms with Crippen LogP contribution in [0.15, 0.2) is 9.59 Å². The molecular formula is C9H10N2O2. The van der Waals surface area contributed by atoms with Gasteiger partial charge in [0.25, 0.3) is 11.1 Å². The van der Waals surface area contributed by atoms with Crippen LogP contribution in [0.4, 0.5) is 0 Å². The largest absolute Gasteiger partial charge is 0.268 e. The fourth-order valence-corrected chi connectivity index (χ4v) is 2.81. The minimum absolute atomic E-state index is 0.0956. The molecule has 1 aromatic heterocycles. The van der Waals surface area contributed by atoms with E-state index in [1.54, 1.807) is 0 Å². The van der Waals surface area contributed by atoms with Gasteiger partial charge in [-0.3, -0.25) is 19.8 Å². The van der Waals surface area contributed by atoms with Crippen LogP contribution in [0.25, 0.3) is 0 Å². The summed E-state index contributed by atoms with van der Waals surface area (Å²) < 4.78 is 0. The lowest BCUT2D eigenvalue weighted by Gasteiger charge is -2.11. The summed E-state index contributed by atoms with van der Waals surface area (Å²) in [6.07, 6.45) is 3.15. The summed E-state index contributed by atoms with van der Waals surface area (Å²) in [6.45, 7) is 0. The van der Waals surface area contributed by atoms with E-state index in [-0.39, 0.29) is 11.1 Å². The van der Waals surface area contributed by atoms with Gasteiger partial charge in [0.2, 0.25) is 0 Å². The minimum atomic E-state index is -0.0956. The van der Waals surface area contributed by atoms with Crippen molar-refractivity contribution in [1.29, 1.82) is 0 Å². The summed E-state index contributed by atoms with van der Waals surface area (Å²) >= 11 is 0. The molecule has 3 rings (SSSR count). The maximum absolute atomic E-state index is 11.4. The normalized spacial score (nSPS) is 29.2. The van der Waals surface area contributed by atoms with Crippen LogP contribution in [0.3, 0.4) is 0 Å². The Kier molecular flexibility index (Phi) is 1.17. The van der Waals surface area contributed by atoms with E-state index in [0.717, 1.165) is 30.4 Å². The second kappa shape index (κ2) is 2.13. The Morgan fingerprint density at radius 2 is 1.38 bits per heavy atom. The van der Waals surface area contributed by atoms with Crippen LogP contribution in [0.5, 0.6) is 0 Å². The van der Waals surface area contributed by atoms with Crippen LogP contribution in [0.2, 0.25) is 0 Å². The van der Waals surface area contributed by atoms with Gasteiger partial charge < -0.3 is 0 Å². The first kappa shape index (κ1) is 7.12. The van der Waals surface area contributed by atoms with Gasteiger partial charge in [-0.25, -0.2) is 0 Å². The fraction of sp³-hybridized carbons (Fsp3) is 0.556. The van der Waals surface area contributed by atoms with Crippen molar-refractivity contribution in [3.63, 3.8) is 0 Å². The summed E-state index contributed by atoms with van der Waals surface area (Å²) in [6, 6.07) is 0. The zero-order chi connectivity index (χ0) is 9.00. The van der Waals surface area contributed by atoms with E-state index in [1.807, 2.05) is 0 Å². The highest BCUT2D eigenvalue weighted by molar-refractivity contribution is 5.37. The Morgan fingerprint density at radius 3 is 1.85 bits per heavy atom. The van der Waals surface area contributed by atoms with E-state index in [1.165, 1.54) is 0 Å². The fourth-order valence-electron chi connectivity index (χ4n) is 2.81. The Labute approximate surface area is 74.0 Å². The SMILES string of the molecule is O=c1[nH][nH]c(=O)c2c1C1CCC2C1. The summed E-state index contributed by atoms with van der Waals surface area (Å²) in [4.78, 5) is 22.9. The predicted octanol–water partition coefficient (Wildman–Crippen LogP) is 0.428. The van der Waals surface area contributed by atoms with Gasteiger partial charge in [-0.15, -0.1) is 0 Å². The van der Waals surface area contributed by atoms with Crippen LogP contribution in [0, 0.1) is 0 Å². The van der Waals surface area contributed by atoms with Crippen molar-refractivity contribution in [3.8, 4) is 0 Å². The molecule has 13 heavy (non-hydrogen) atoms. The third-order valence-electron chi connectivity index (χ3n) is 3.32. The maximum Gasteiger partial charge on any atom is 0.266 e. The van der Waals surface area contributed by atoms with Gasteiger partial charge in [0.15, 0.2) is 0 Å². The van der Waals surface area contributed by atoms with Crippen molar-refractivity contribution in [1.82, 2.24) is 10.2 Å². The Morgan fingerprint density at radius 1 is 0.923 bits per heavy atom. The third-order valence-corrected chi connectivity index (χ3v) is 3.32. The molecule has 1 fully saturated rings. The summed E-state index contributed by atoms with van der Waals surface area (Å²) in [5, 5.41) is 4.78. The van der Waals surface area contributed by atoms with Crippen molar-refractivity contribution in [3.05, 3.63) is 31.8 Å².